The molecular formula is C32H42N6O4. The largest absolute Gasteiger partial charge is 0.444 e. The molecule has 1 aliphatic heterocycles. The maximum absolute atomic E-state index is 14.1. The summed E-state index contributed by atoms with van der Waals surface area (Å²) in [7, 11) is 1.82. The van der Waals surface area contributed by atoms with Gasteiger partial charge in [0.1, 0.15) is 17.2 Å². The van der Waals surface area contributed by atoms with Gasteiger partial charge in [0.15, 0.2) is 5.65 Å². The van der Waals surface area contributed by atoms with Crippen molar-refractivity contribution in [2.45, 2.75) is 89.8 Å². The number of aryl methyl sites for hydroxylation is 1. The standard InChI is InChI=1S/C32H42N6O4/c1-21-19-38-27(34-28(21)37-17-14-24(20-37)33-30(41)42-31(3,4)5)18-26(35-38)22(2)36(6)29(40)32(15-12-25(39)13-16-32)23-10-8-7-9-11-23/h7-11,18-19,22,24H,12-17,20H2,1-6H3,(H,33,41)/t22-,24-/m0/s1. The summed E-state index contributed by atoms with van der Waals surface area (Å²) in [5, 5.41) is 7.77. The number of anilines is 1. The third-order valence-electron chi connectivity index (χ3n) is 8.56. The molecule has 0 bridgehead atoms. The zero-order chi connectivity index (χ0) is 30.2. The molecule has 42 heavy (non-hydrogen) atoms. The lowest BCUT2D eigenvalue weighted by Gasteiger charge is -2.40. The highest BCUT2D eigenvalue weighted by Crippen LogP contribution is 2.41. The van der Waals surface area contributed by atoms with Crippen molar-refractivity contribution in [1.29, 1.82) is 0 Å². The van der Waals surface area contributed by atoms with Gasteiger partial charge in [0.05, 0.1) is 23.2 Å². The molecule has 0 radical (unpaired) electrons. The highest BCUT2D eigenvalue weighted by Gasteiger charge is 2.45. The molecule has 2 atom stereocenters. The Bertz CT molecular complexity index is 1470. The Morgan fingerprint density at radius 2 is 1.86 bits per heavy atom. The molecule has 0 unspecified atom stereocenters. The first-order valence-corrected chi connectivity index (χ1v) is 14.8. The Labute approximate surface area is 247 Å². The number of carbonyl (C=O) groups excluding carboxylic acids is 3. The van der Waals surface area contributed by atoms with E-state index in [4.69, 9.17) is 14.8 Å². The van der Waals surface area contributed by atoms with Gasteiger partial charge in [0.25, 0.3) is 0 Å². The van der Waals surface area contributed by atoms with Crippen molar-refractivity contribution in [3.63, 3.8) is 0 Å². The lowest BCUT2D eigenvalue weighted by molar-refractivity contribution is -0.140. The van der Waals surface area contributed by atoms with Crippen LogP contribution in [0.5, 0.6) is 0 Å². The molecule has 1 saturated carbocycles. The van der Waals surface area contributed by atoms with E-state index in [2.05, 4.69) is 10.2 Å². The summed E-state index contributed by atoms with van der Waals surface area (Å²) >= 11 is 0. The topological polar surface area (TPSA) is 109 Å². The Hall–Kier alpha value is -3.95. The Kier molecular flexibility index (Phi) is 8.00. The number of fused-ring (bicyclic) bond motifs is 1. The first-order chi connectivity index (χ1) is 19.9. The maximum atomic E-state index is 14.1. The van der Waals surface area contributed by atoms with Gasteiger partial charge in [-0.1, -0.05) is 30.3 Å². The molecule has 2 amide bonds. The number of alkyl carbamates (subject to hydrolysis) is 1. The van der Waals surface area contributed by atoms with Crippen LogP contribution >= 0.6 is 0 Å². The van der Waals surface area contributed by atoms with Crippen LogP contribution in [0.4, 0.5) is 10.6 Å². The predicted molar refractivity (Wildman–Crippen MR) is 160 cm³/mol. The molecule has 1 aromatic carbocycles. The molecule has 1 saturated heterocycles. The first-order valence-electron chi connectivity index (χ1n) is 14.8. The molecule has 2 aliphatic rings. The SMILES string of the molecule is Cc1cn2nc([C@H](C)N(C)C(=O)C3(c4ccccc4)CCC(=O)CC3)cc2nc1N1CC[C@H](NC(=O)OC(C)(C)C)C1. The van der Waals surface area contributed by atoms with Crippen molar-refractivity contribution in [2.24, 2.45) is 0 Å². The second-order valence-electron chi connectivity index (χ2n) is 12.8. The number of carbonyl (C=O) groups is 3. The number of nitrogens with zero attached hydrogens (tertiary/aromatic N) is 5. The molecule has 3 heterocycles. The molecular weight excluding hydrogens is 532 g/mol. The number of rotatable bonds is 6. The molecule has 10 heteroatoms. The van der Waals surface area contributed by atoms with E-state index in [0.29, 0.717) is 37.9 Å². The number of hydrogen-bond acceptors (Lipinski definition) is 7. The van der Waals surface area contributed by atoms with E-state index in [1.165, 1.54) is 0 Å². The van der Waals surface area contributed by atoms with Crippen molar-refractivity contribution in [3.05, 3.63) is 59.4 Å². The van der Waals surface area contributed by atoms with Gasteiger partial charge in [-0.2, -0.15) is 5.10 Å². The molecule has 224 valence electrons. The summed E-state index contributed by atoms with van der Waals surface area (Å²) in [5.74, 6) is 1.08. The van der Waals surface area contributed by atoms with Crippen LogP contribution in [-0.4, -0.2) is 69.1 Å². The van der Waals surface area contributed by atoms with E-state index >= 15 is 0 Å². The van der Waals surface area contributed by atoms with Gasteiger partial charge in [-0.3, -0.25) is 9.59 Å². The summed E-state index contributed by atoms with van der Waals surface area (Å²) in [6, 6.07) is 11.5. The van der Waals surface area contributed by atoms with Crippen LogP contribution in [0.2, 0.25) is 0 Å². The van der Waals surface area contributed by atoms with Crippen LogP contribution in [0, 0.1) is 6.92 Å². The van der Waals surface area contributed by atoms with Crippen LogP contribution < -0.4 is 10.2 Å². The van der Waals surface area contributed by atoms with Gasteiger partial charge in [-0.05, 0) is 59.4 Å². The summed E-state index contributed by atoms with van der Waals surface area (Å²) in [6.07, 6.45) is 4.21. The van der Waals surface area contributed by atoms with Gasteiger partial charge in [0.2, 0.25) is 5.91 Å². The van der Waals surface area contributed by atoms with E-state index in [1.54, 1.807) is 9.42 Å². The van der Waals surface area contributed by atoms with Gasteiger partial charge < -0.3 is 19.9 Å². The number of amides is 2. The molecule has 10 nitrogen and oxygen atoms in total. The number of nitrogens with one attached hydrogen (secondary N) is 1. The summed E-state index contributed by atoms with van der Waals surface area (Å²) in [6.45, 7) is 10.9. The minimum absolute atomic E-state index is 0.0104. The molecule has 5 rings (SSSR count). The maximum Gasteiger partial charge on any atom is 0.407 e. The van der Waals surface area contributed by atoms with Crippen LogP contribution in [0.3, 0.4) is 0 Å². The number of aromatic nitrogens is 3. The molecule has 3 aromatic rings. The first kappa shape index (κ1) is 29.5. The molecule has 1 N–H and O–H groups in total. The lowest BCUT2D eigenvalue weighted by Crippen LogP contribution is -2.48. The minimum Gasteiger partial charge on any atom is -0.444 e. The van der Waals surface area contributed by atoms with Crippen LogP contribution in [0.1, 0.15) is 82.7 Å². The third-order valence-corrected chi connectivity index (χ3v) is 8.56. The molecule has 1 aliphatic carbocycles. The second-order valence-corrected chi connectivity index (χ2v) is 12.8. The lowest BCUT2D eigenvalue weighted by atomic mass is 9.68. The third kappa shape index (κ3) is 5.98. The van der Waals surface area contributed by atoms with E-state index in [1.807, 2.05) is 84.3 Å². The van der Waals surface area contributed by atoms with Gasteiger partial charge in [-0.25, -0.2) is 14.3 Å². The van der Waals surface area contributed by atoms with Gasteiger partial charge in [0, 0.05) is 50.8 Å². The average molecular weight is 575 g/mol. The van der Waals surface area contributed by atoms with Crippen molar-refractivity contribution >= 4 is 29.2 Å². The summed E-state index contributed by atoms with van der Waals surface area (Å²) < 4.78 is 7.18. The van der Waals surface area contributed by atoms with Gasteiger partial charge in [-0.15, -0.1) is 0 Å². The van der Waals surface area contributed by atoms with E-state index in [0.717, 1.165) is 35.6 Å². The highest BCUT2D eigenvalue weighted by molar-refractivity contribution is 5.92. The summed E-state index contributed by atoms with van der Waals surface area (Å²) in [4.78, 5) is 47.4. The fourth-order valence-corrected chi connectivity index (χ4v) is 6.14. The predicted octanol–water partition coefficient (Wildman–Crippen LogP) is 4.74. The molecule has 2 aromatic heterocycles. The Morgan fingerprint density at radius 1 is 1.17 bits per heavy atom. The smallest absolute Gasteiger partial charge is 0.407 e. The van der Waals surface area contributed by atoms with Crippen LogP contribution in [0.15, 0.2) is 42.6 Å². The number of ether oxygens (including phenoxy) is 1. The monoisotopic (exact) mass is 574 g/mol. The second kappa shape index (κ2) is 11.4. The van der Waals surface area contributed by atoms with Crippen molar-refractivity contribution in [2.75, 3.05) is 25.0 Å². The highest BCUT2D eigenvalue weighted by atomic mass is 16.6. The molecule has 0 spiro atoms. The zero-order valence-corrected chi connectivity index (χ0v) is 25.5. The number of likely N-dealkylation sites (N-methyl/N-ethyl adjacent to an activating group) is 1. The van der Waals surface area contributed by atoms with Gasteiger partial charge >= 0.3 is 6.09 Å². The van der Waals surface area contributed by atoms with Crippen LogP contribution in [0.25, 0.3) is 5.65 Å². The quantitative estimate of drug-likeness (QED) is 0.453. The zero-order valence-electron chi connectivity index (χ0n) is 25.5. The van der Waals surface area contributed by atoms with E-state index in [9.17, 15) is 14.4 Å². The van der Waals surface area contributed by atoms with Crippen molar-refractivity contribution in [1.82, 2.24) is 24.8 Å². The number of ketones is 1. The fourth-order valence-electron chi connectivity index (χ4n) is 6.14. The fraction of sp³-hybridized carbons (Fsp3) is 0.531. The Balaban J connectivity index is 1.33. The Morgan fingerprint density at radius 3 is 2.52 bits per heavy atom. The number of Topliss-reactive ketones (excluding diaryl/α,β-unsaturated/α-hetero) is 1. The molecule has 2 fully saturated rings. The van der Waals surface area contributed by atoms with Crippen molar-refractivity contribution < 1.29 is 19.1 Å². The number of benzene rings is 1. The van der Waals surface area contributed by atoms with E-state index in [-0.39, 0.29) is 23.8 Å². The average Bonchev–Trinajstić information content (AvgIpc) is 3.58. The summed E-state index contributed by atoms with van der Waals surface area (Å²) in [5.41, 5.74) is 2.11. The number of hydrogen-bond donors (Lipinski definition) is 1. The minimum atomic E-state index is -0.723. The van der Waals surface area contributed by atoms with Crippen molar-refractivity contribution in [3.8, 4) is 0 Å². The normalized spacial score (nSPS) is 19.5. The van der Waals surface area contributed by atoms with E-state index < -0.39 is 17.1 Å². The van der Waals surface area contributed by atoms with Crippen LogP contribution in [-0.2, 0) is 19.7 Å².